The zero-order chi connectivity index (χ0) is 19.4. The number of halogens is 2. The molecule has 1 aliphatic heterocycles. The van der Waals surface area contributed by atoms with Gasteiger partial charge in [-0.1, -0.05) is 42.2 Å². The predicted molar refractivity (Wildman–Crippen MR) is 116 cm³/mol. The third kappa shape index (κ3) is 4.77. The second kappa shape index (κ2) is 8.98. The Bertz CT molecular complexity index is 907. The van der Waals surface area contributed by atoms with Gasteiger partial charge in [-0.25, -0.2) is 4.39 Å². The van der Waals surface area contributed by atoms with E-state index in [1.54, 1.807) is 30.5 Å². The Hall–Kier alpha value is -1.72. The van der Waals surface area contributed by atoms with Crippen LogP contribution >= 0.6 is 46.6 Å². The minimum absolute atomic E-state index is 0.0836. The minimum Gasteiger partial charge on any atom is -0.493 e. The third-order valence-corrected chi connectivity index (χ3v) is 5.77. The van der Waals surface area contributed by atoms with E-state index >= 15 is 0 Å². The smallest absolute Gasteiger partial charge is 0.259 e. The van der Waals surface area contributed by atoms with Gasteiger partial charge in [0.1, 0.15) is 12.4 Å². The molecule has 27 heavy (non-hydrogen) atoms. The highest BCUT2D eigenvalue weighted by atomic mass is 127. The summed E-state index contributed by atoms with van der Waals surface area (Å²) in [6.07, 6.45) is 1.54. The fourth-order valence-electron chi connectivity index (χ4n) is 2.30. The number of hydrogen-bond donors (Lipinski definition) is 0. The second-order valence-electron chi connectivity index (χ2n) is 5.42. The minimum atomic E-state index is -0.320. The molecule has 140 valence electrons. The van der Waals surface area contributed by atoms with Crippen molar-refractivity contribution in [3.8, 4) is 11.5 Å². The molecular weight excluding hydrogens is 502 g/mol. The van der Waals surface area contributed by atoms with Gasteiger partial charge in [0.15, 0.2) is 15.8 Å². The molecule has 0 unspecified atom stereocenters. The monoisotopic (exact) mass is 516 g/mol. The topological polar surface area (TPSA) is 51.1 Å². The molecule has 0 bridgehead atoms. The van der Waals surface area contributed by atoms with Crippen molar-refractivity contribution in [2.45, 2.75) is 6.61 Å². The molecule has 1 heterocycles. The summed E-state index contributed by atoms with van der Waals surface area (Å²) in [4.78, 5) is 11.7. The Morgan fingerprint density at radius 3 is 2.85 bits per heavy atom. The van der Waals surface area contributed by atoms with E-state index < -0.39 is 0 Å². The number of hydrogen-bond acceptors (Lipinski definition) is 6. The normalized spacial score (nSPS) is 14.3. The standard InChI is InChI=1S/C18H14FIN2O3S2/c1-24-15-7-11(8-21-22-16(23)10-27-18(22)26)6-14(20)17(15)25-9-12-4-2-3-5-13(12)19/h2-8H,9-10H2,1H3/b21-8-. The van der Waals surface area contributed by atoms with Gasteiger partial charge in [-0.05, 0) is 46.4 Å². The molecule has 0 spiro atoms. The van der Waals surface area contributed by atoms with Crippen molar-refractivity contribution in [2.75, 3.05) is 12.9 Å². The maximum Gasteiger partial charge on any atom is 0.259 e. The first-order chi connectivity index (χ1) is 13.0. The Morgan fingerprint density at radius 2 is 2.19 bits per heavy atom. The molecule has 5 nitrogen and oxygen atoms in total. The highest BCUT2D eigenvalue weighted by molar-refractivity contribution is 14.1. The Kier molecular flexibility index (Phi) is 6.66. The number of nitrogens with zero attached hydrogens (tertiary/aromatic N) is 2. The molecule has 1 aliphatic rings. The van der Waals surface area contributed by atoms with Gasteiger partial charge in [-0.2, -0.15) is 10.1 Å². The molecule has 9 heteroatoms. The van der Waals surface area contributed by atoms with Crippen molar-refractivity contribution in [3.05, 3.63) is 56.9 Å². The van der Waals surface area contributed by atoms with Gasteiger partial charge >= 0.3 is 0 Å². The molecule has 0 atom stereocenters. The summed E-state index contributed by atoms with van der Waals surface area (Å²) in [6, 6.07) is 10.0. The summed E-state index contributed by atoms with van der Waals surface area (Å²) >= 11 is 8.49. The van der Waals surface area contributed by atoms with E-state index in [2.05, 4.69) is 27.7 Å². The van der Waals surface area contributed by atoms with Gasteiger partial charge in [-0.3, -0.25) is 4.79 Å². The van der Waals surface area contributed by atoms with Crippen molar-refractivity contribution in [1.29, 1.82) is 0 Å². The van der Waals surface area contributed by atoms with E-state index in [0.29, 0.717) is 27.1 Å². The quantitative estimate of drug-likeness (QED) is 0.327. The SMILES string of the molecule is COc1cc(/C=N\N2C(=O)CSC2=S)cc(I)c1OCc1ccccc1F. The Morgan fingerprint density at radius 1 is 1.41 bits per heavy atom. The van der Waals surface area contributed by atoms with Crippen molar-refractivity contribution >= 4 is 63.0 Å². The van der Waals surface area contributed by atoms with Gasteiger partial charge in [0, 0.05) is 5.56 Å². The number of carbonyl (C=O) groups is 1. The molecule has 2 aromatic carbocycles. The van der Waals surface area contributed by atoms with E-state index in [-0.39, 0.29) is 18.3 Å². The van der Waals surface area contributed by atoms with Gasteiger partial charge in [0.2, 0.25) is 0 Å². The zero-order valence-corrected chi connectivity index (χ0v) is 17.9. The number of rotatable bonds is 6. The number of thiocarbonyl (C=S) groups is 1. The molecule has 3 rings (SSSR count). The first-order valence-corrected chi connectivity index (χ1v) is 10.2. The molecule has 0 radical (unpaired) electrons. The molecule has 0 aromatic heterocycles. The van der Waals surface area contributed by atoms with Gasteiger partial charge in [0.05, 0.1) is 22.6 Å². The number of ether oxygens (including phenoxy) is 2. The summed E-state index contributed by atoms with van der Waals surface area (Å²) in [7, 11) is 1.53. The number of carbonyl (C=O) groups excluding carboxylic acids is 1. The summed E-state index contributed by atoms with van der Waals surface area (Å²) < 4.78 is 26.2. The summed E-state index contributed by atoms with van der Waals surface area (Å²) in [5.74, 6) is 0.846. The average molecular weight is 516 g/mol. The van der Waals surface area contributed by atoms with Crippen LogP contribution in [0.5, 0.6) is 11.5 Å². The summed E-state index contributed by atoms with van der Waals surface area (Å²) in [5.41, 5.74) is 1.18. The number of thioether (sulfide) groups is 1. The van der Waals surface area contributed by atoms with Crippen molar-refractivity contribution in [2.24, 2.45) is 5.10 Å². The first-order valence-electron chi connectivity index (χ1n) is 7.77. The number of hydrazone groups is 1. The van der Waals surface area contributed by atoms with Crippen LogP contribution in [0.3, 0.4) is 0 Å². The van der Waals surface area contributed by atoms with Crippen LogP contribution in [0.25, 0.3) is 0 Å². The van der Waals surface area contributed by atoms with Crippen LogP contribution in [0.2, 0.25) is 0 Å². The Balaban J connectivity index is 1.80. The van der Waals surface area contributed by atoms with Crippen LogP contribution in [-0.2, 0) is 11.4 Å². The van der Waals surface area contributed by atoms with E-state index in [1.165, 1.54) is 29.9 Å². The lowest BCUT2D eigenvalue weighted by molar-refractivity contribution is -0.123. The van der Waals surface area contributed by atoms with Gasteiger partial charge in [-0.15, -0.1) is 0 Å². The number of benzene rings is 2. The van der Waals surface area contributed by atoms with Gasteiger partial charge in [0.25, 0.3) is 5.91 Å². The van der Waals surface area contributed by atoms with Crippen LogP contribution in [0.15, 0.2) is 41.5 Å². The lowest BCUT2D eigenvalue weighted by Crippen LogP contribution is -2.22. The third-order valence-electron chi connectivity index (χ3n) is 3.63. The maximum atomic E-state index is 13.8. The molecule has 0 aliphatic carbocycles. The van der Waals surface area contributed by atoms with Crippen LogP contribution in [0, 0.1) is 9.39 Å². The molecule has 2 aromatic rings. The summed E-state index contributed by atoms with van der Waals surface area (Å²) in [5, 5.41) is 5.36. The average Bonchev–Trinajstić information content (AvgIpc) is 2.97. The van der Waals surface area contributed by atoms with Crippen molar-refractivity contribution in [3.63, 3.8) is 0 Å². The lowest BCUT2D eigenvalue weighted by Gasteiger charge is -2.14. The highest BCUT2D eigenvalue weighted by Crippen LogP contribution is 2.34. The molecule has 1 fully saturated rings. The number of methoxy groups -OCH3 is 1. The van der Waals surface area contributed by atoms with E-state index in [0.717, 1.165) is 9.13 Å². The van der Waals surface area contributed by atoms with Crippen LogP contribution in [0.1, 0.15) is 11.1 Å². The van der Waals surface area contributed by atoms with Gasteiger partial charge < -0.3 is 9.47 Å². The second-order valence-corrected chi connectivity index (χ2v) is 8.19. The van der Waals surface area contributed by atoms with E-state index in [4.69, 9.17) is 21.7 Å². The first kappa shape index (κ1) is 20.0. The zero-order valence-electron chi connectivity index (χ0n) is 14.1. The van der Waals surface area contributed by atoms with Crippen LogP contribution < -0.4 is 9.47 Å². The number of amides is 1. The highest BCUT2D eigenvalue weighted by Gasteiger charge is 2.26. The maximum absolute atomic E-state index is 13.8. The molecule has 1 saturated heterocycles. The fraction of sp³-hybridized carbons (Fsp3) is 0.167. The van der Waals surface area contributed by atoms with Crippen LogP contribution in [-0.4, -0.2) is 34.3 Å². The molecule has 0 N–H and O–H groups in total. The van der Waals surface area contributed by atoms with E-state index in [9.17, 15) is 9.18 Å². The molecule has 1 amide bonds. The largest absolute Gasteiger partial charge is 0.493 e. The van der Waals surface area contributed by atoms with E-state index in [1.807, 2.05) is 6.07 Å². The Labute approximate surface area is 179 Å². The van der Waals surface area contributed by atoms with Crippen molar-refractivity contribution < 1.29 is 18.7 Å². The lowest BCUT2D eigenvalue weighted by atomic mass is 10.2. The summed E-state index contributed by atoms with van der Waals surface area (Å²) in [6.45, 7) is 0.0836. The van der Waals surface area contributed by atoms with Crippen molar-refractivity contribution in [1.82, 2.24) is 5.01 Å². The van der Waals surface area contributed by atoms with Crippen LogP contribution in [0.4, 0.5) is 4.39 Å². The molecule has 0 saturated carbocycles. The fourth-order valence-corrected chi connectivity index (χ4v) is 4.05. The predicted octanol–water partition coefficient (Wildman–Crippen LogP) is 4.21. The molecular formula is C18H14FIN2O3S2.